The van der Waals surface area contributed by atoms with Crippen molar-refractivity contribution in [2.24, 2.45) is 0 Å². The number of nitrogens with one attached hydrogen (secondary N) is 2. The highest BCUT2D eigenvalue weighted by Gasteiger charge is 2.19. The highest BCUT2D eigenvalue weighted by atomic mass is 16.5. The quantitative estimate of drug-likeness (QED) is 0.648. The Bertz CT molecular complexity index is 907. The number of ether oxygens (including phenoxy) is 2. The first-order valence-electron chi connectivity index (χ1n) is 8.33. The zero-order valence-corrected chi connectivity index (χ0v) is 14.6. The van der Waals surface area contributed by atoms with Crippen LogP contribution in [0.15, 0.2) is 54.6 Å². The van der Waals surface area contributed by atoms with E-state index in [0.29, 0.717) is 16.9 Å². The van der Waals surface area contributed by atoms with Gasteiger partial charge in [-0.1, -0.05) is 42.5 Å². The Balaban J connectivity index is 1.61. The molecule has 2 aromatic carbocycles. The van der Waals surface area contributed by atoms with Gasteiger partial charge >= 0.3 is 12.1 Å². The van der Waals surface area contributed by atoms with Gasteiger partial charge in [0.2, 0.25) is 0 Å². The lowest BCUT2D eigenvalue weighted by molar-refractivity contribution is 0.0520. The van der Waals surface area contributed by atoms with Gasteiger partial charge in [0.05, 0.1) is 6.61 Å². The van der Waals surface area contributed by atoms with Crippen LogP contribution in [0.3, 0.4) is 0 Å². The van der Waals surface area contributed by atoms with Gasteiger partial charge in [0.25, 0.3) is 0 Å². The van der Waals surface area contributed by atoms with E-state index in [9.17, 15) is 9.59 Å². The van der Waals surface area contributed by atoms with Gasteiger partial charge < -0.3 is 9.47 Å². The molecule has 0 aliphatic carbocycles. The first-order valence-corrected chi connectivity index (χ1v) is 8.33. The zero-order chi connectivity index (χ0) is 19.1. The van der Waals surface area contributed by atoms with Crippen molar-refractivity contribution >= 4 is 17.7 Å². The van der Waals surface area contributed by atoms with Crippen LogP contribution in [0.5, 0.6) is 0 Å². The number of aromatic nitrogens is 3. The summed E-state index contributed by atoms with van der Waals surface area (Å²) in [6.45, 7) is 2.15. The van der Waals surface area contributed by atoms with E-state index < -0.39 is 12.1 Å². The molecule has 2 N–H and O–H groups in total. The van der Waals surface area contributed by atoms with Gasteiger partial charge in [-0.15, -0.1) is 5.10 Å². The van der Waals surface area contributed by atoms with Crippen molar-refractivity contribution in [2.45, 2.75) is 13.5 Å². The molecule has 0 fully saturated rings. The van der Waals surface area contributed by atoms with Crippen LogP contribution >= 0.6 is 0 Å². The van der Waals surface area contributed by atoms with Gasteiger partial charge in [0.1, 0.15) is 12.3 Å². The molecule has 3 rings (SSSR count). The fourth-order valence-electron chi connectivity index (χ4n) is 2.36. The van der Waals surface area contributed by atoms with E-state index in [2.05, 4.69) is 20.7 Å². The van der Waals surface area contributed by atoms with Gasteiger partial charge in [-0.3, -0.25) is 5.32 Å². The smallest absolute Gasteiger partial charge is 0.411 e. The molecule has 0 bridgehead atoms. The number of H-pyrrole nitrogens is 1. The first kappa shape index (κ1) is 18.1. The second-order valence-corrected chi connectivity index (χ2v) is 5.51. The molecule has 8 nitrogen and oxygen atoms in total. The average molecular weight is 366 g/mol. The predicted molar refractivity (Wildman–Crippen MR) is 98.0 cm³/mol. The second kappa shape index (κ2) is 8.61. The fourth-order valence-corrected chi connectivity index (χ4v) is 2.36. The van der Waals surface area contributed by atoms with Crippen LogP contribution in [0.25, 0.3) is 11.3 Å². The molecular weight excluding hydrogens is 348 g/mol. The van der Waals surface area contributed by atoms with E-state index in [1.54, 1.807) is 31.2 Å². The van der Waals surface area contributed by atoms with Crippen LogP contribution in [0.2, 0.25) is 0 Å². The number of aromatic amines is 1. The van der Waals surface area contributed by atoms with Crippen molar-refractivity contribution < 1.29 is 19.1 Å². The minimum Gasteiger partial charge on any atom is -0.461 e. The van der Waals surface area contributed by atoms with E-state index in [1.165, 1.54) is 0 Å². The highest BCUT2D eigenvalue weighted by molar-refractivity contribution is 5.94. The Labute approximate surface area is 155 Å². The SMILES string of the molecule is CCOC(=O)c1n[nH]nc1-c1ccc(NC(=O)OCc2ccccc2)cc1. The number of hydrogen-bond acceptors (Lipinski definition) is 6. The first-order chi connectivity index (χ1) is 13.2. The molecule has 0 atom stereocenters. The standard InChI is InChI=1S/C19H18N4O4/c1-2-26-18(24)17-16(21-23-22-17)14-8-10-15(11-9-14)20-19(25)27-12-13-6-4-3-5-7-13/h3-11H,2,12H2,1H3,(H,20,25)(H,21,22,23). The molecule has 0 saturated carbocycles. The number of carbonyl (C=O) groups is 2. The number of carbonyl (C=O) groups excluding carboxylic acids is 2. The van der Waals surface area contributed by atoms with Crippen molar-refractivity contribution in [3.8, 4) is 11.3 Å². The molecule has 0 radical (unpaired) electrons. The molecule has 0 aliphatic heterocycles. The Morgan fingerprint density at radius 2 is 1.74 bits per heavy atom. The Morgan fingerprint density at radius 3 is 2.44 bits per heavy atom. The summed E-state index contributed by atoms with van der Waals surface area (Å²) in [4.78, 5) is 23.8. The van der Waals surface area contributed by atoms with Crippen LogP contribution in [0.4, 0.5) is 10.5 Å². The van der Waals surface area contributed by atoms with Crippen LogP contribution in [0.1, 0.15) is 23.0 Å². The summed E-state index contributed by atoms with van der Waals surface area (Å²) >= 11 is 0. The largest absolute Gasteiger partial charge is 0.461 e. The minimum absolute atomic E-state index is 0.111. The number of rotatable bonds is 6. The fraction of sp³-hybridized carbons (Fsp3) is 0.158. The molecule has 8 heteroatoms. The third-order valence-corrected chi connectivity index (χ3v) is 3.63. The summed E-state index contributed by atoms with van der Waals surface area (Å²) in [5, 5.41) is 12.9. The third kappa shape index (κ3) is 4.69. The number of benzene rings is 2. The summed E-state index contributed by atoms with van der Waals surface area (Å²) in [6.07, 6.45) is -0.555. The molecule has 1 aromatic heterocycles. The predicted octanol–water partition coefficient (Wildman–Crippen LogP) is 3.40. The molecule has 27 heavy (non-hydrogen) atoms. The van der Waals surface area contributed by atoms with E-state index >= 15 is 0 Å². The van der Waals surface area contributed by atoms with Crippen LogP contribution < -0.4 is 5.32 Å². The lowest BCUT2D eigenvalue weighted by atomic mass is 10.1. The van der Waals surface area contributed by atoms with Gasteiger partial charge in [-0.05, 0) is 24.6 Å². The summed E-state index contributed by atoms with van der Waals surface area (Å²) in [7, 11) is 0. The molecule has 0 spiro atoms. The van der Waals surface area contributed by atoms with Crippen LogP contribution in [-0.4, -0.2) is 34.1 Å². The van der Waals surface area contributed by atoms with Gasteiger partial charge in [-0.2, -0.15) is 10.3 Å². The summed E-state index contributed by atoms with van der Waals surface area (Å²) < 4.78 is 10.1. The molecule has 3 aromatic rings. The van der Waals surface area contributed by atoms with E-state index in [1.807, 2.05) is 30.3 Å². The topological polar surface area (TPSA) is 106 Å². The van der Waals surface area contributed by atoms with E-state index in [4.69, 9.17) is 9.47 Å². The number of anilines is 1. The van der Waals surface area contributed by atoms with Gasteiger partial charge in [-0.25, -0.2) is 9.59 Å². The lowest BCUT2D eigenvalue weighted by Gasteiger charge is -2.08. The van der Waals surface area contributed by atoms with Crippen LogP contribution in [0, 0.1) is 0 Å². The monoisotopic (exact) mass is 366 g/mol. The molecule has 0 aliphatic rings. The van der Waals surface area contributed by atoms with Crippen molar-refractivity contribution in [1.29, 1.82) is 0 Å². The third-order valence-electron chi connectivity index (χ3n) is 3.63. The van der Waals surface area contributed by atoms with Crippen molar-refractivity contribution in [1.82, 2.24) is 15.4 Å². The van der Waals surface area contributed by atoms with E-state index in [-0.39, 0.29) is 18.9 Å². The lowest BCUT2D eigenvalue weighted by Crippen LogP contribution is -2.13. The Kier molecular flexibility index (Phi) is 5.78. The average Bonchev–Trinajstić information content (AvgIpc) is 3.18. The van der Waals surface area contributed by atoms with Crippen molar-refractivity contribution in [3.63, 3.8) is 0 Å². The van der Waals surface area contributed by atoms with Gasteiger partial charge in [0, 0.05) is 11.3 Å². The van der Waals surface area contributed by atoms with Crippen LogP contribution in [-0.2, 0) is 16.1 Å². The maximum absolute atomic E-state index is 11.9. The number of amides is 1. The molecular formula is C19H18N4O4. The molecule has 138 valence electrons. The minimum atomic E-state index is -0.555. The number of nitrogens with zero attached hydrogens (tertiary/aromatic N) is 2. The highest BCUT2D eigenvalue weighted by Crippen LogP contribution is 2.22. The summed E-state index contributed by atoms with van der Waals surface area (Å²) in [5.41, 5.74) is 2.61. The normalized spacial score (nSPS) is 10.3. The molecule has 0 unspecified atom stereocenters. The van der Waals surface area contributed by atoms with Gasteiger partial charge in [0.15, 0.2) is 5.69 Å². The maximum atomic E-state index is 11.9. The summed E-state index contributed by atoms with van der Waals surface area (Å²) in [5.74, 6) is -0.548. The van der Waals surface area contributed by atoms with E-state index in [0.717, 1.165) is 5.56 Å². The Hall–Kier alpha value is -3.68. The number of hydrogen-bond donors (Lipinski definition) is 2. The maximum Gasteiger partial charge on any atom is 0.411 e. The second-order valence-electron chi connectivity index (χ2n) is 5.51. The zero-order valence-electron chi connectivity index (χ0n) is 14.6. The molecule has 0 saturated heterocycles. The summed E-state index contributed by atoms with van der Waals surface area (Å²) in [6, 6.07) is 16.2. The Morgan fingerprint density at radius 1 is 1.00 bits per heavy atom. The molecule has 1 amide bonds. The molecule has 1 heterocycles. The van der Waals surface area contributed by atoms with Crippen molar-refractivity contribution in [2.75, 3.05) is 11.9 Å². The number of esters is 1. The van der Waals surface area contributed by atoms with Crippen molar-refractivity contribution in [3.05, 3.63) is 65.9 Å².